The Morgan fingerprint density at radius 1 is 1.37 bits per heavy atom. The Bertz CT molecular complexity index is 324. The Balaban J connectivity index is 2.34. The number of likely N-dealkylation sites (N-methyl/N-ethyl adjacent to an activating group) is 2. The van der Waals surface area contributed by atoms with Crippen molar-refractivity contribution in [2.45, 2.75) is 19.0 Å². The summed E-state index contributed by atoms with van der Waals surface area (Å²) in [5, 5.41) is 14.5. The van der Waals surface area contributed by atoms with Crippen molar-refractivity contribution < 1.29 is 14.7 Å². The monoisotopic (exact) mass is 272 g/mol. The maximum absolute atomic E-state index is 11.0. The molecule has 110 valence electrons. The van der Waals surface area contributed by atoms with E-state index in [2.05, 4.69) is 34.5 Å². The van der Waals surface area contributed by atoms with Crippen LogP contribution in [0, 0.1) is 0 Å². The number of carboxylic acids is 1. The van der Waals surface area contributed by atoms with E-state index in [9.17, 15) is 9.59 Å². The molecule has 0 radical (unpaired) electrons. The Kier molecular flexibility index (Phi) is 6.20. The Labute approximate surface area is 113 Å². The van der Waals surface area contributed by atoms with Crippen LogP contribution in [0.4, 0.5) is 0 Å². The van der Waals surface area contributed by atoms with Crippen LogP contribution in [0.5, 0.6) is 0 Å². The van der Waals surface area contributed by atoms with E-state index in [1.807, 2.05) is 0 Å². The largest absolute Gasteiger partial charge is 0.480 e. The molecule has 1 saturated heterocycles. The average molecular weight is 272 g/mol. The first-order valence-electron chi connectivity index (χ1n) is 6.49. The molecule has 1 aliphatic rings. The van der Waals surface area contributed by atoms with Gasteiger partial charge in [0.25, 0.3) is 0 Å². The number of carboxylic acid groups (broad SMARTS) is 1. The number of carbonyl (C=O) groups is 2. The second kappa shape index (κ2) is 7.42. The van der Waals surface area contributed by atoms with Crippen molar-refractivity contribution >= 4 is 11.9 Å². The molecular formula is C12H24N4O3. The molecule has 7 nitrogen and oxygen atoms in total. The summed E-state index contributed by atoms with van der Waals surface area (Å²) in [6, 6.07) is -0.505. The van der Waals surface area contributed by atoms with Gasteiger partial charge in [0.1, 0.15) is 6.04 Å². The Morgan fingerprint density at radius 2 is 2.05 bits per heavy atom. The number of nitrogens with zero attached hydrogens (tertiary/aromatic N) is 2. The highest BCUT2D eigenvalue weighted by Gasteiger charge is 2.23. The van der Waals surface area contributed by atoms with Crippen molar-refractivity contribution in [1.29, 1.82) is 0 Å². The Hall–Kier alpha value is -1.18. The van der Waals surface area contributed by atoms with E-state index >= 15 is 0 Å². The summed E-state index contributed by atoms with van der Waals surface area (Å²) in [4.78, 5) is 26.4. The fourth-order valence-electron chi connectivity index (χ4n) is 2.16. The molecule has 1 amide bonds. The molecule has 0 aromatic carbocycles. The third-order valence-corrected chi connectivity index (χ3v) is 3.38. The molecule has 2 atom stereocenters. The lowest BCUT2D eigenvalue weighted by atomic mass is 10.2. The van der Waals surface area contributed by atoms with Crippen LogP contribution in [0.2, 0.25) is 0 Å². The van der Waals surface area contributed by atoms with Crippen molar-refractivity contribution in [3.05, 3.63) is 0 Å². The van der Waals surface area contributed by atoms with E-state index < -0.39 is 12.0 Å². The highest BCUT2D eigenvalue weighted by molar-refractivity contribution is 5.82. The number of nitrogens with one attached hydrogen (secondary N) is 2. The molecule has 0 saturated carbocycles. The molecule has 1 fully saturated rings. The average Bonchev–Trinajstić information content (AvgIpc) is 2.31. The van der Waals surface area contributed by atoms with Gasteiger partial charge in [-0.15, -0.1) is 0 Å². The minimum absolute atomic E-state index is 0.239. The van der Waals surface area contributed by atoms with E-state index in [-0.39, 0.29) is 12.5 Å². The van der Waals surface area contributed by atoms with Crippen LogP contribution >= 0.6 is 0 Å². The zero-order valence-corrected chi connectivity index (χ0v) is 11.8. The lowest BCUT2D eigenvalue weighted by Crippen LogP contribution is -2.55. The SMILES string of the molecule is CC(=O)NC(CNCC1CN(C)CCN1C)C(=O)O. The van der Waals surface area contributed by atoms with Gasteiger partial charge in [0.2, 0.25) is 5.91 Å². The predicted octanol–water partition coefficient (Wildman–Crippen LogP) is -1.59. The Morgan fingerprint density at radius 3 is 2.63 bits per heavy atom. The van der Waals surface area contributed by atoms with E-state index in [1.54, 1.807) is 0 Å². The topological polar surface area (TPSA) is 84.9 Å². The van der Waals surface area contributed by atoms with Crippen molar-refractivity contribution in [3.63, 3.8) is 0 Å². The standard InChI is InChI=1S/C12H24N4O3/c1-9(17)14-11(12(18)19)7-13-6-10-8-15(2)4-5-16(10)3/h10-11,13H,4-8H2,1-3H3,(H,14,17)(H,18,19). The number of rotatable bonds is 6. The summed E-state index contributed by atoms with van der Waals surface area (Å²) in [7, 11) is 4.15. The number of carbonyl (C=O) groups excluding carboxylic acids is 1. The first-order chi connectivity index (χ1) is 8.90. The van der Waals surface area contributed by atoms with Crippen LogP contribution in [-0.4, -0.2) is 85.7 Å². The van der Waals surface area contributed by atoms with E-state index in [0.29, 0.717) is 12.6 Å². The normalized spacial score (nSPS) is 23.0. The van der Waals surface area contributed by atoms with Gasteiger partial charge in [-0.05, 0) is 14.1 Å². The number of hydrogen-bond donors (Lipinski definition) is 3. The van der Waals surface area contributed by atoms with Crippen molar-refractivity contribution in [3.8, 4) is 0 Å². The molecule has 0 aliphatic carbocycles. The quantitative estimate of drug-likeness (QED) is 0.541. The summed E-state index contributed by atoms with van der Waals surface area (Å²) in [6.45, 7) is 5.29. The maximum atomic E-state index is 11.0. The van der Waals surface area contributed by atoms with Gasteiger partial charge >= 0.3 is 5.97 Å². The highest BCUT2D eigenvalue weighted by Crippen LogP contribution is 2.04. The smallest absolute Gasteiger partial charge is 0.327 e. The zero-order chi connectivity index (χ0) is 14.4. The molecular weight excluding hydrogens is 248 g/mol. The minimum atomic E-state index is -1.02. The third kappa shape index (κ3) is 5.54. The predicted molar refractivity (Wildman–Crippen MR) is 72.0 cm³/mol. The number of amides is 1. The number of aliphatic carboxylic acids is 1. The molecule has 1 aliphatic heterocycles. The summed E-state index contributed by atoms with van der Waals surface area (Å²) >= 11 is 0. The van der Waals surface area contributed by atoms with Crippen LogP contribution < -0.4 is 10.6 Å². The lowest BCUT2D eigenvalue weighted by molar-refractivity contribution is -0.141. The molecule has 19 heavy (non-hydrogen) atoms. The first kappa shape index (κ1) is 15.9. The third-order valence-electron chi connectivity index (χ3n) is 3.38. The lowest BCUT2D eigenvalue weighted by Gasteiger charge is -2.38. The molecule has 2 unspecified atom stereocenters. The van der Waals surface area contributed by atoms with E-state index in [0.717, 1.165) is 19.6 Å². The highest BCUT2D eigenvalue weighted by atomic mass is 16.4. The van der Waals surface area contributed by atoms with Crippen LogP contribution in [0.1, 0.15) is 6.92 Å². The fraction of sp³-hybridized carbons (Fsp3) is 0.833. The van der Waals surface area contributed by atoms with Gasteiger partial charge in [-0.25, -0.2) is 4.79 Å². The van der Waals surface area contributed by atoms with Crippen LogP contribution in [-0.2, 0) is 9.59 Å². The van der Waals surface area contributed by atoms with Gasteiger partial charge in [0.15, 0.2) is 0 Å². The molecule has 1 heterocycles. The summed E-state index contributed by atoms with van der Waals surface area (Å²) in [6.07, 6.45) is 0. The fourth-order valence-corrected chi connectivity index (χ4v) is 2.16. The van der Waals surface area contributed by atoms with Crippen molar-refractivity contribution in [1.82, 2.24) is 20.4 Å². The molecule has 0 aromatic heterocycles. The summed E-state index contributed by atoms with van der Waals surface area (Å²) in [5.74, 6) is -1.35. The van der Waals surface area contributed by atoms with Crippen molar-refractivity contribution in [2.75, 3.05) is 46.8 Å². The van der Waals surface area contributed by atoms with Gasteiger partial charge < -0.3 is 20.6 Å². The number of piperazine rings is 1. The maximum Gasteiger partial charge on any atom is 0.327 e. The molecule has 0 aromatic rings. The molecule has 0 spiro atoms. The molecule has 0 bridgehead atoms. The first-order valence-corrected chi connectivity index (χ1v) is 6.49. The van der Waals surface area contributed by atoms with E-state index in [4.69, 9.17) is 5.11 Å². The second-order valence-corrected chi connectivity index (χ2v) is 5.15. The van der Waals surface area contributed by atoms with Gasteiger partial charge in [-0.1, -0.05) is 0 Å². The van der Waals surface area contributed by atoms with Gasteiger partial charge in [0.05, 0.1) is 0 Å². The minimum Gasteiger partial charge on any atom is -0.480 e. The van der Waals surface area contributed by atoms with Gasteiger partial charge in [0, 0.05) is 45.7 Å². The number of hydrogen-bond acceptors (Lipinski definition) is 5. The van der Waals surface area contributed by atoms with Crippen LogP contribution in [0.25, 0.3) is 0 Å². The van der Waals surface area contributed by atoms with Gasteiger partial charge in [-0.2, -0.15) is 0 Å². The zero-order valence-electron chi connectivity index (χ0n) is 11.8. The molecule has 7 heteroatoms. The van der Waals surface area contributed by atoms with Crippen LogP contribution in [0.3, 0.4) is 0 Å². The summed E-state index contributed by atoms with van der Waals surface area (Å²) < 4.78 is 0. The second-order valence-electron chi connectivity index (χ2n) is 5.15. The molecule has 1 rings (SSSR count). The van der Waals surface area contributed by atoms with Crippen molar-refractivity contribution in [2.24, 2.45) is 0 Å². The summed E-state index contributed by atoms with van der Waals surface area (Å²) in [5.41, 5.74) is 0. The van der Waals surface area contributed by atoms with E-state index in [1.165, 1.54) is 6.92 Å². The van der Waals surface area contributed by atoms with Crippen LogP contribution in [0.15, 0.2) is 0 Å². The van der Waals surface area contributed by atoms with Gasteiger partial charge in [-0.3, -0.25) is 9.69 Å². The molecule has 3 N–H and O–H groups in total.